The molecule has 0 bridgehead atoms. The minimum Gasteiger partial charge on any atom is -0.442 e. The summed E-state index contributed by atoms with van der Waals surface area (Å²) in [7, 11) is -0.785. The number of nitrogens with one attached hydrogen (secondary N) is 1. The van der Waals surface area contributed by atoms with Crippen LogP contribution in [0, 0.1) is 5.82 Å². The molecule has 7 nitrogen and oxygen atoms in total. The molecule has 0 aromatic heterocycles. The lowest BCUT2D eigenvalue weighted by Gasteiger charge is -2.23. The summed E-state index contributed by atoms with van der Waals surface area (Å²) in [6.45, 7) is 2.26. The number of carbonyl (C=O) groups excluding carboxylic acids is 2. The number of halogens is 1. The fraction of sp³-hybridized carbons (Fsp3) is 0.556. The zero-order valence-electron chi connectivity index (χ0n) is 15.2. The Labute approximate surface area is 160 Å². The summed E-state index contributed by atoms with van der Waals surface area (Å²) in [6.07, 6.45) is 0.808. The smallest absolute Gasteiger partial charge is 0.414 e. The number of hydrogen-bond acceptors (Lipinski definition) is 4. The highest BCUT2D eigenvalue weighted by molar-refractivity contribution is 7.85. The second-order valence-corrected chi connectivity index (χ2v) is 8.30. The van der Waals surface area contributed by atoms with Crippen LogP contribution in [0.25, 0.3) is 0 Å². The van der Waals surface area contributed by atoms with Gasteiger partial charge in [-0.2, -0.15) is 0 Å². The van der Waals surface area contributed by atoms with Gasteiger partial charge in [-0.15, -0.1) is 0 Å². The van der Waals surface area contributed by atoms with E-state index < -0.39 is 23.0 Å². The van der Waals surface area contributed by atoms with Crippen LogP contribution in [0.4, 0.5) is 14.9 Å². The molecule has 0 saturated carbocycles. The molecule has 2 aliphatic heterocycles. The van der Waals surface area contributed by atoms with Crippen molar-refractivity contribution in [3.63, 3.8) is 0 Å². The molecule has 1 aromatic carbocycles. The molecule has 2 heterocycles. The Balaban J connectivity index is 0.00000261. The fourth-order valence-electron chi connectivity index (χ4n) is 3.31. The van der Waals surface area contributed by atoms with Crippen LogP contribution in [-0.2, 0) is 20.3 Å². The van der Waals surface area contributed by atoms with Crippen molar-refractivity contribution < 1.29 is 28.4 Å². The van der Waals surface area contributed by atoms with E-state index in [1.165, 1.54) is 11.0 Å². The van der Waals surface area contributed by atoms with Crippen molar-refractivity contribution >= 4 is 28.5 Å². The van der Waals surface area contributed by atoms with Gasteiger partial charge in [0.1, 0.15) is 11.9 Å². The van der Waals surface area contributed by atoms with E-state index in [0.29, 0.717) is 42.0 Å². The molecule has 2 fully saturated rings. The van der Waals surface area contributed by atoms with Crippen LogP contribution in [0.2, 0.25) is 0 Å². The number of amides is 2. The first kappa shape index (κ1) is 21.3. The molecule has 1 unspecified atom stereocenters. The number of hydrogen-bond donors (Lipinski definition) is 1. The van der Waals surface area contributed by atoms with Crippen LogP contribution in [-0.4, -0.2) is 52.4 Å². The van der Waals surface area contributed by atoms with Gasteiger partial charge in [0.05, 0.1) is 18.8 Å². The largest absolute Gasteiger partial charge is 0.442 e. The van der Waals surface area contributed by atoms with E-state index >= 15 is 0 Å². The van der Waals surface area contributed by atoms with Crippen molar-refractivity contribution in [3.05, 3.63) is 29.6 Å². The highest BCUT2D eigenvalue weighted by atomic mass is 32.2. The van der Waals surface area contributed by atoms with Crippen LogP contribution in [0.15, 0.2) is 18.2 Å². The molecule has 2 amide bonds. The lowest BCUT2D eigenvalue weighted by atomic mass is 9.93. The average molecular weight is 400 g/mol. The average Bonchev–Trinajstić information content (AvgIpc) is 3.01. The highest BCUT2D eigenvalue weighted by Crippen LogP contribution is 2.32. The predicted octanol–water partition coefficient (Wildman–Crippen LogP) is 1.48. The van der Waals surface area contributed by atoms with E-state index in [9.17, 15) is 18.2 Å². The summed E-state index contributed by atoms with van der Waals surface area (Å²) in [4.78, 5) is 24.8. The summed E-state index contributed by atoms with van der Waals surface area (Å²) in [5.41, 5.74) is 1.06. The monoisotopic (exact) mass is 400 g/mol. The van der Waals surface area contributed by atoms with E-state index in [0.717, 1.165) is 0 Å². The highest BCUT2D eigenvalue weighted by Gasteiger charge is 2.33. The minimum atomic E-state index is -0.785. The lowest BCUT2D eigenvalue weighted by molar-refractivity contribution is -0.121. The van der Waals surface area contributed by atoms with E-state index in [2.05, 4.69) is 5.32 Å². The van der Waals surface area contributed by atoms with Gasteiger partial charge in [-0.3, -0.25) is 13.9 Å². The van der Waals surface area contributed by atoms with Gasteiger partial charge in [-0.1, -0.05) is 13.0 Å². The normalized spacial score (nSPS) is 24.9. The number of anilines is 1. The third-order valence-electron chi connectivity index (χ3n) is 4.85. The zero-order chi connectivity index (χ0) is 18.7. The van der Waals surface area contributed by atoms with Crippen molar-refractivity contribution in [2.75, 3.05) is 29.5 Å². The molecular weight excluding hydrogens is 375 g/mol. The van der Waals surface area contributed by atoms with Crippen LogP contribution >= 0.6 is 0 Å². The number of ether oxygens (including phenoxy) is 1. The molecule has 0 spiro atoms. The number of carbonyl (C=O) groups is 2. The maximum atomic E-state index is 14.6. The molecule has 2 saturated heterocycles. The van der Waals surface area contributed by atoms with Gasteiger partial charge in [-0.05, 0) is 36.5 Å². The van der Waals surface area contributed by atoms with Crippen molar-refractivity contribution in [2.24, 2.45) is 0 Å². The Kier molecular flexibility index (Phi) is 7.32. The van der Waals surface area contributed by atoms with Crippen molar-refractivity contribution in [3.8, 4) is 0 Å². The molecule has 27 heavy (non-hydrogen) atoms. The summed E-state index contributed by atoms with van der Waals surface area (Å²) < 4.78 is 31.3. The van der Waals surface area contributed by atoms with E-state index in [1.54, 1.807) is 19.1 Å². The lowest BCUT2D eigenvalue weighted by Crippen LogP contribution is -2.34. The SMILES string of the molecule is CCC(=O)NCC1CN(c2ccc(C3CCS(=O)CC3)c(F)c2)C(=O)O1.O. The summed E-state index contributed by atoms with van der Waals surface area (Å²) in [6, 6.07) is 4.79. The standard InChI is InChI=1S/C18H23FN2O4S.H2O/c1-2-17(22)20-10-14-11-21(18(23)25-14)13-3-4-15(16(19)9-13)12-5-7-26(24)8-6-12;/h3-4,9,12,14H,2,5-8,10-11H2,1H3,(H,20,22);1H2. The van der Waals surface area contributed by atoms with Gasteiger partial charge in [-0.25, -0.2) is 9.18 Å². The van der Waals surface area contributed by atoms with Crippen LogP contribution in [0.3, 0.4) is 0 Å². The summed E-state index contributed by atoms with van der Waals surface area (Å²) in [5, 5.41) is 2.69. The Bertz CT molecular complexity index is 720. The van der Waals surface area contributed by atoms with Crippen molar-refractivity contribution in [1.82, 2.24) is 5.32 Å². The second kappa shape index (κ2) is 9.27. The van der Waals surface area contributed by atoms with Gasteiger partial charge in [0.25, 0.3) is 0 Å². The molecule has 1 atom stereocenters. The Hall–Kier alpha value is -2.00. The van der Waals surface area contributed by atoms with Crippen LogP contribution in [0.1, 0.15) is 37.7 Å². The maximum Gasteiger partial charge on any atom is 0.414 e. The Morgan fingerprint density at radius 2 is 2.07 bits per heavy atom. The summed E-state index contributed by atoms with van der Waals surface area (Å²) >= 11 is 0. The molecule has 9 heteroatoms. The summed E-state index contributed by atoms with van der Waals surface area (Å²) in [5.74, 6) is 0.827. The third-order valence-corrected chi connectivity index (χ3v) is 6.23. The van der Waals surface area contributed by atoms with Crippen LogP contribution < -0.4 is 10.2 Å². The van der Waals surface area contributed by atoms with Crippen molar-refractivity contribution in [1.29, 1.82) is 0 Å². The molecule has 3 N–H and O–H groups in total. The number of benzene rings is 1. The minimum absolute atomic E-state index is 0. The first-order valence-electron chi connectivity index (χ1n) is 8.87. The maximum absolute atomic E-state index is 14.6. The molecule has 3 rings (SSSR count). The van der Waals surface area contributed by atoms with Gasteiger partial charge in [0, 0.05) is 28.7 Å². The molecule has 1 aromatic rings. The topological polar surface area (TPSA) is 107 Å². The fourth-order valence-corrected chi connectivity index (χ4v) is 4.61. The second-order valence-electron chi connectivity index (χ2n) is 6.60. The molecule has 0 aliphatic carbocycles. The molecule has 0 radical (unpaired) electrons. The van der Waals surface area contributed by atoms with E-state index in [4.69, 9.17) is 4.74 Å². The van der Waals surface area contributed by atoms with Gasteiger partial charge >= 0.3 is 6.09 Å². The number of cyclic esters (lactones) is 1. The van der Waals surface area contributed by atoms with E-state index in [-0.39, 0.29) is 36.2 Å². The predicted molar refractivity (Wildman–Crippen MR) is 101 cm³/mol. The van der Waals surface area contributed by atoms with Gasteiger partial charge < -0.3 is 15.5 Å². The Morgan fingerprint density at radius 3 is 2.70 bits per heavy atom. The van der Waals surface area contributed by atoms with Gasteiger partial charge in [0.2, 0.25) is 5.91 Å². The van der Waals surface area contributed by atoms with Gasteiger partial charge in [0.15, 0.2) is 0 Å². The third kappa shape index (κ3) is 5.04. The molecule has 2 aliphatic rings. The molecule has 150 valence electrons. The number of rotatable bonds is 5. The first-order chi connectivity index (χ1) is 12.5. The zero-order valence-corrected chi connectivity index (χ0v) is 16.0. The molecular formula is C18H25FN2O5S. The van der Waals surface area contributed by atoms with Crippen LogP contribution in [0.5, 0.6) is 0 Å². The Morgan fingerprint density at radius 1 is 1.37 bits per heavy atom. The quantitative estimate of drug-likeness (QED) is 0.808. The van der Waals surface area contributed by atoms with Crippen molar-refractivity contribution in [2.45, 2.75) is 38.2 Å². The van der Waals surface area contributed by atoms with E-state index in [1.807, 2.05) is 0 Å². The first-order valence-corrected chi connectivity index (χ1v) is 10.4. The number of nitrogens with zero attached hydrogens (tertiary/aromatic N) is 1.